The standard InChI is InChI=1S/C17H19N3O2/c1-13-5-2-3-6-14(13)19-17(21)15-7-4-8-16(18-15)20-9-11-22-12-10-20/h2-8H,9-12H2,1H3,(H,19,21). The van der Waals surface area contributed by atoms with Crippen molar-refractivity contribution in [2.45, 2.75) is 6.92 Å². The van der Waals surface area contributed by atoms with E-state index >= 15 is 0 Å². The van der Waals surface area contributed by atoms with E-state index < -0.39 is 0 Å². The first-order valence-electron chi connectivity index (χ1n) is 7.41. The van der Waals surface area contributed by atoms with Crippen molar-refractivity contribution in [3.05, 3.63) is 53.7 Å². The molecule has 1 N–H and O–H groups in total. The molecule has 1 aliphatic rings. The van der Waals surface area contributed by atoms with Crippen LogP contribution in [0, 0.1) is 6.92 Å². The van der Waals surface area contributed by atoms with Gasteiger partial charge >= 0.3 is 0 Å². The van der Waals surface area contributed by atoms with Gasteiger partial charge in [0.15, 0.2) is 0 Å². The number of para-hydroxylation sites is 1. The number of rotatable bonds is 3. The van der Waals surface area contributed by atoms with E-state index in [-0.39, 0.29) is 5.91 Å². The second kappa shape index (κ2) is 6.58. The van der Waals surface area contributed by atoms with Gasteiger partial charge in [-0.3, -0.25) is 4.79 Å². The quantitative estimate of drug-likeness (QED) is 0.945. The number of carbonyl (C=O) groups excluding carboxylic acids is 1. The van der Waals surface area contributed by atoms with E-state index in [1.165, 1.54) is 0 Å². The summed E-state index contributed by atoms with van der Waals surface area (Å²) in [5, 5.41) is 2.91. The minimum absolute atomic E-state index is 0.190. The van der Waals surface area contributed by atoms with Crippen LogP contribution in [0.4, 0.5) is 11.5 Å². The average Bonchev–Trinajstić information content (AvgIpc) is 2.58. The fraction of sp³-hybridized carbons (Fsp3) is 0.294. The van der Waals surface area contributed by atoms with Crippen molar-refractivity contribution < 1.29 is 9.53 Å². The maximum Gasteiger partial charge on any atom is 0.274 e. The monoisotopic (exact) mass is 297 g/mol. The molecule has 0 bridgehead atoms. The molecule has 2 heterocycles. The lowest BCUT2D eigenvalue weighted by Crippen LogP contribution is -2.37. The summed E-state index contributed by atoms with van der Waals surface area (Å²) >= 11 is 0. The predicted octanol–water partition coefficient (Wildman–Crippen LogP) is 2.48. The Morgan fingerprint density at radius 2 is 1.91 bits per heavy atom. The zero-order valence-electron chi connectivity index (χ0n) is 12.6. The molecule has 1 fully saturated rings. The number of aromatic nitrogens is 1. The van der Waals surface area contributed by atoms with Gasteiger partial charge in [-0.15, -0.1) is 0 Å². The molecule has 1 aromatic heterocycles. The Morgan fingerprint density at radius 3 is 2.68 bits per heavy atom. The van der Waals surface area contributed by atoms with Gasteiger partial charge in [-0.25, -0.2) is 4.98 Å². The normalized spacial score (nSPS) is 14.7. The number of nitrogens with one attached hydrogen (secondary N) is 1. The summed E-state index contributed by atoms with van der Waals surface area (Å²) in [5.74, 6) is 0.630. The zero-order valence-corrected chi connectivity index (χ0v) is 12.6. The number of hydrogen-bond acceptors (Lipinski definition) is 4. The summed E-state index contributed by atoms with van der Waals surface area (Å²) in [6, 6.07) is 13.2. The maximum absolute atomic E-state index is 12.4. The second-order valence-electron chi connectivity index (χ2n) is 5.25. The van der Waals surface area contributed by atoms with E-state index in [1.807, 2.05) is 43.3 Å². The van der Waals surface area contributed by atoms with Crippen molar-refractivity contribution in [1.82, 2.24) is 4.98 Å². The van der Waals surface area contributed by atoms with E-state index in [1.54, 1.807) is 6.07 Å². The van der Waals surface area contributed by atoms with Crippen molar-refractivity contribution in [3.8, 4) is 0 Å². The molecule has 1 amide bonds. The fourth-order valence-corrected chi connectivity index (χ4v) is 2.42. The molecule has 5 heteroatoms. The van der Waals surface area contributed by atoms with Gasteiger partial charge in [0.25, 0.3) is 5.91 Å². The molecule has 0 radical (unpaired) electrons. The van der Waals surface area contributed by atoms with Crippen LogP contribution >= 0.6 is 0 Å². The lowest BCUT2D eigenvalue weighted by molar-refractivity contribution is 0.102. The Balaban J connectivity index is 1.76. The van der Waals surface area contributed by atoms with E-state index in [9.17, 15) is 4.79 Å². The molecule has 22 heavy (non-hydrogen) atoms. The van der Waals surface area contributed by atoms with Gasteiger partial charge in [0, 0.05) is 18.8 Å². The number of nitrogens with zero attached hydrogens (tertiary/aromatic N) is 2. The third-order valence-electron chi connectivity index (χ3n) is 3.70. The smallest absolute Gasteiger partial charge is 0.274 e. The van der Waals surface area contributed by atoms with Crippen LogP contribution in [0.15, 0.2) is 42.5 Å². The van der Waals surface area contributed by atoms with Crippen LogP contribution in [-0.4, -0.2) is 37.2 Å². The van der Waals surface area contributed by atoms with Gasteiger partial charge in [-0.1, -0.05) is 24.3 Å². The summed E-state index contributed by atoms with van der Waals surface area (Å²) in [6.45, 7) is 4.96. The van der Waals surface area contributed by atoms with Crippen LogP contribution in [-0.2, 0) is 4.74 Å². The van der Waals surface area contributed by atoms with Crippen molar-refractivity contribution in [2.75, 3.05) is 36.5 Å². The van der Waals surface area contributed by atoms with E-state index in [0.717, 1.165) is 30.2 Å². The molecule has 5 nitrogen and oxygen atoms in total. The number of aryl methyl sites for hydroxylation is 1. The number of amides is 1. The third-order valence-corrected chi connectivity index (χ3v) is 3.70. The van der Waals surface area contributed by atoms with E-state index in [4.69, 9.17) is 4.74 Å². The molecule has 0 atom stereocenters. The average molecular weight is 297 g/mol. The van der Waals surface area contributed by atoms with Gasteiger partial charge in [0.2, 0.25) is 0 Å². The Kier molecular flexibility index (Phi) is 4.34. The Morgan fingerprint density at radius 1 is 1.14 bits per heavy atom. The van der Waals surface area contributed by atoms with Crippen molar-refractivity contribution in [2.24, 2.45) is 0 Å². The number of ether oxygens (including phenoxy) is 1. The molecule has 2 aromatic rings. The van der Waals surface area contributed by atoms with Gasteiger partial charge in [-0.2, -0.15) is 0 Å². The number of anilines is 2. The number of carbonyl (C=O) groups is 1. The first kappa shape index (κ1) is 14.5. The lowest BCUT2D eigenvalue weighted by atomic mass is 10.2. The third kappa shape index (κ3) is 3.26. The molecule has 1 aromatic carbocycles. The van der Waals surface area contributed by atoms with Crippen molar-refractivity contribution in [1.29, 1.82) is 0 Å². The molecular weight excluding hydrogens is 278 g/mol. The fourth-order valence-electron chi connectivity index (χ4n) is 2.42. The molecule has 1 saturated heterocycles. The zero-order chi connectivity index (χ0) is 15.4. The first-order valence-corrected chi connectivity index (χ1v) is 7.41. The molecule has 1 aliphatic heterocycles. The second-order valence-corrected chi connectivity index (χ2v) is 5.25. The van der Waals surface area contributed by atoms with Gasteiger partial charge in [0.05, 0.1) is 13.2 Å². The van der Waals surface area contributed by atoms with Crippen LogP contribution in [0.3, 0.4) is 0 Å². The minimum Gasteiger partial charge on any atom is -0.378 e. The van der Waals surface area contributed by atoms with Crippen molar-refractivity contribution >= 4 is 17.4 Å². The van der Waals surface area contributed by atoms with Gasteiger partial charge < -0.3 is 15.0 Å². The highest BCUT2D eigenvalue weighted by atomic mass is 16.5. The number of hydrogen-bond donors (Lipinski definition) is 1. The molecule has 3 rings (SSSR count). The Hall–Kier alpha value is -2.40. The summed E-state index contributed by atoms with van der Waals surface area (Å²) in [6.07, 6.45) is 0. The van der Waals surface area contributed by atoms with Crippen molar-refractivity contribution in [3.63, 3.8) is 0 Å². The number of pyridine rings is 1. The Labute approximate surface area is 129 Å². The van der Waals surface area contributed by atoms with Gasteiger partial charge in [0.1, 0.15) is 11.5 Å². The molecule has 0 unspecified atom stereocenters. The van der Waals surface area contributed by atoms with E-state index in [2.05, 4.69) is 15.2 Å². The Bertz CT molecular complexity index is 666. The molecular formula is C17H19N3O2. The summed E-state index contributed by atoms with van der Waals surface area (Å²) < 4.78 is 5.34. The molecule has 114 valence electrons. The maximum atomic E-state index is 12.4. The van der Waals surface area contributed by atoms with Crippen LogP contribution in [0.1, 0.15) is 16.1 Å². The summed E-state index contributed by atoms with van der Waals surface area (Å²) in [4.78, 5) is 19.0. The number of benzene rings is 1. The predicted molar refractivity (Wildman–Crippen MR) is 86.4 cm³/mol. The molecule has 0 aliphatic carbocycles. The number of morpholine rings is 1. The molecule has 0 saturated carbocycles. The molecule has 0 spiro atoms. The summed E-state index contributed by atoms with van der Waals surface area (Å²) in [5.41, 5.74) is 2.26. The van der Waals surface area contributed by atoms with Crippen LogP contribution in [0.2, 0.25) is 0 Å². The lowest BCUT2D eigenvalue weighted by Gasteiger charge is -2.27. The highest BCUT2D eigenvalue weighted by molar-refractivity contribution is 6.03. The SMILES string of the molecule is Cc1ccccc1NC(=O)c1cccc(N2CCOCC2)n1. The van der Waals surface area contributed by atoms with Gasteiger partial charge in [-0.05, 0) is 30.7 Å². The highest BCUT2D eigenvalue weighted by Gasteiger charge is 2.15. The summed E-state index contributed by atoms with van der Waals surface area (Å²) in [7, 11) is 0. The van der Waals surface area contributed by atoms with Crippen LogP contribution in [0.25, 0.3) is 0 Å². The van der Waals surface area contributed by atoms with Crippen LogP contribution < -0.4 is 10.2 Å². The minimum atomic E-state index is -0.190. The van der Waals surface area contributed by atoms with Crippen LogP contribution in [0.5, 0.6) is 0 Å². The highest BCUT2D eigenvalue weighted by Crippen LogP contribution is 2.16. The van der Waals surface area contributed by atoms with E-state index in [0.29, 0.717) is 18.9 Å². The first-order chi connectivity index (χ1) is 10.7. The topological polar surface area (TPSA) is 54.5 Å². The largest absolute Gasteiger partial charge is 0.378 e.